The normalized spacial score (nSPS) is 15.5. The molecular weight excluding hydrogens is 388 g/mol. The van der Waals surface area contributed by atoms with Gasteiger partial charge in [-0.2, -0.15) is 0 Å². The summed E-state index contributed by atoms with van der Waals surface area (Å²) in [5, 5.41) is 0.605. The first-order valence-corrected chi connectivity index (χ1v) is 10.5. The van der Waals surface area contributed by atoms with E-state index in [0.29, 0.717) is 36.7 Å². The van der Waals surface area contributed by atoms with Crippen LogP contribution in [0.3, 0.4) is 0 Å². The molecule has 0 radical (unpaired) electrons. The number of benzene rings is 2. The van der Waals surface area contributed by atoms with Gasteiger partial charge in [-0.15, -0.1) is 0 Å². The summed E-state index contributed by atoms with van der Waals surface area (Å²) in [4.78, 5) is 14.2. The highest BCUT2D eigenvalue weighted by Gasteiger charge is 2.26. The number of halogens is 1. The zero-order valence-corrected chi connectivity index (χ0v) is 16.2. The third kappa shape index (κ3) is 5.45. The fourth-order valence-corrected chi connectivity index (χ4v) is 4.35. The van der Waals surface area contributed by atoms with Crippen molar-refractivity contribution >= 4 is 27.5 Å². The second kappa shape index (κ2) is 8.73. The van der Waals surface area contributed by atoms with E-state index in [0.717, 1.165) is 0 Å². The maximum absolute atomic E-state index is 12.4. The fourth-order valence-electron chi connectivity index (χ4n) is 2.90. The van der Waals surface area contributed by atoms with Crippen LogP contribution in [0, 0.1) is 0 Å². The molecule has 8 heteroatoms. The number of nitrogens with zero attached hydrogens (tertiary/aromatic N) is 1. The molecule has 1 heterocycles. The molecule has 1 aliphatic rings. The molecule has 1 fully saturated rings. The smallest absolute Gasteiger partial charge is 0.260 e. The first kappa shape index (κ1) is 19.7. The minimum absolute atomic E-state index is 0.0535. The highest BCUT2D eigenvalue weighted by Crippen LogP contribution is 2.17. The van der Waals surface area contributed by atoms with E-state index in [2.05, 4.69) is 4.72 Å². The number of hydrogen-bond donors (Lipinski definition) is 1. The third-order valence-electron chi connectivity index (χ3n) is 4.40. The lowest BCUT2D eigenvalue weighted by Crippen LogP contribution is -2.47. The molecule has 0 aromatic heterocycles. The van der Waals surface area contributed by atoms with Crippen LogP contribution in [0.5, 0.6) is 5.75 Å². The van der Waals surface area contributed by atoms with Crippen LogP contribution in [-0.4, -0.2) is 45.0 Å². The molecule has 0 bridgehead atoms. The van der Waals surface area contributed by atoms with Gasteiger partial charge in [0.25, 0.3) is 5.91 Å². The standard InChI is InChI=1S/C19H21ClN2O4S/c20-15-6-8-17(9-7-15)26-14-19(23)22-12-10-16(11-13-22)21-27(24,25)18-4-2-1-3-5-18/h1-9,16,21H,10-14H2. The summed E-state index contributed by atoms with van der Waals surface area (Å²) in [5.74, 6) is 0.465. The topological polar surface area (TPSA) is 75.7 Å². The average molecular weight is 409 g/mol. The summed E-state index contributed by atoms with van der Waals surface area (Å²) in [6.45, 7) is 0.928. The number of sulfonamides is 1. The van der Waals surface area contributed by atoms with Gasteiger partial charge >= 0.3 is 0 Å². The van der Waals surface area contributed by atoms with Crippen molar-refractivity contribution in [1.29, 1.82) is 0 Å². The lowest BCUT2D eigenvalue weighted by atomic mass is 10.1. The van der Waals surface area contributed by atoms with Gasteiger partial charge in [-0.05, 0) is 49.2 Å². The van der Waals surface area contributed by atoms with Crippen LogP contribution in [0.15, 0.2) is 59.5 Å². The van der Waals surface area contributed by atoms with Crippen LogP contribution < -0.4 is 9.46 Å². The molecule has 2 aromatic carbocycles. The van der Waals surface area contributed by atoms with Crippen molar-refractivity contribution in [1.82, 2.24) is 9.62 Å². The summed E-state index contributed by atoms with van der Waals surface area (Å²) < 4.78 is 33.0. The Morgan fingerprint density at radius 1 is 1.07 bits per heavy atom. The van der Waals surface area contributed by atoms with E-state index in [9.17, 15) is 13.2 Å². The van der Waals surface area contributed by atoms with Gasteiger partial charge in [0.05, 0.1) is 4.90 Å². The molecule has 1 N–H and O–H groups in total. The van der Waals surface area contributed by atoms with Gasteiger partial charge in [0.2, 0.25) is 10.0 Å². The molecule has 6 nitrogen and oxygen atoms in total. The number of rotatable bonds is 6. The molecule has 0 aliphatic carbocycles. The van der Waals surface area contributed by atoms with E-state index in [1.807, 2.05) is 0 Å². The second-order valence-corrected chi connectivity index (χ2v) is 8.48. The van der Waals surface area contributed by atoms with Crippen molar-refractivity contribution in [3.05, 3.63) is 59.6 Å². The Labute approximate surface area is 164 Å². The molecular formula is C19H21ClN2O4S. The van der Waals surface area contributed by atoms with E-state index in [-0.39, 0.29) is 23.5 Å². The Kier molecular flexibility index (Phi) is 6.36. The maximum Gasteiger partial charge on any atom is 0.260 e. The number of carbonyl (C=O) groups excluding carboxylic acids is 1. The van der Waals surface area contributed by atoms with Crippen molar-refractivity contribution in [3.63, 3.8) is 0 Å². The van der Waals surface area contributed by atoms with Gasteiger partial charge in [-0.1, -0.05) is 29.8 Å². The van der Waals surface area contributed by atoms with Crippen molar-refractivity contribution in [3.8, 4) is 5.75 Å². The molecule has 0 unspecified atom stereocenters. The van der Waals surface area contributed by atoms with Gasteiger partial charge < -0.3 is 9.64 Å². The number of piperidine rings is 1. The van der Waals surface area contributed by atoms with Crippen LogP contribution in [0.1, 0.15) is 12.8 Å². The van der Waals surface area contributed by atoms with Crippen molar-refractivity contribution in [2.45, 2.75) is 23.8 Å². The average Bonchev–Trinajstić information content (AvgIpc) is 2.68. The number of likely N-dealkylation sites (tertiary alicyclic amines) is 1. The second-order valence-electron chi connectivity index (χ2n) is 6.33. The first-order valence-electron chi connectivity index (χ1n) is 8.67. The summed E-state index contributed by atoms with van der Waals surface area (Å²) in [5.41, 5.74) is 0. The van der Waals surface area contributed by atoms with Gasteiger partial charge in [0.15, 0.2) is 6.61 Å². The highest BCUT2D eigenvalue weighted by atomic mass is 35.5. The Morgan fingerprint density at radius 3 is 2.33 bits per heavy atom. The van der Waals surface area contributed by atoms with Crippen LogP contribution in [0.4, 0.5) is 0 Å². The van der Waals surface area contributed by atoms with E-state index in [1.54, 1.807) is 59.5 Å². The number of hydrogen-bond acceptors (Lipinski definition) is 4. The summed E-state index contributed by atoms with van der Waals surface area (Å²) in [6, 6.07) is 14.9. The van der Waals surface area contributed by atoms with Crippen LogP contribution >= 0.6 is 11.6 Å². The summed E-state index contributed by atoms with van der Waals surface area (Å²) in [7, 11) is -3.54. The molecule has 144 valence electrons. The lowest BCUT2D eigenvalue weighted by Gasteiger charge is -2.32. The van der Waals surface area contributed by atoms with Crippen molar-refractivity contribution in [2.75, 3.05) is 19.7 Å². The Morgan fingerprint density at radius 2 is 1.70 bits per heavy atom. The monoisotopic (exact) mass is 408 g/mol. The zero-order chi connectivity index (χ0) is 19.3. The Balaban J connectivity index is 1.47. The van der Waals surface area contributed by atoms with E-state index in [4.69, 9.17) is 16.3 Å². The largest absolute Gasteiger partial charge is 0.484 e. The number of amides is 1. The summed E-state index contributed by atoms with van der Waals surface area (Å²) >= 11 is 5.82. The molecule has 0 atom stereocenters. The van der Waals surface area contributed by atoms with Crippen LogP contribution in [-0.2, 0) is 14.8 Å². The van der Waals surface area contributed by atoms with Gasteiger partial charge in [0.1, 0.15) is 5.75 Å². The number of nitrogens with one attached hydrogen (secondary N) is 1. The lowest BCUT2D eigenvalue weighted by molar-refractivity contribution is -0.134. The number of ether oxygens (including phenoxy) is 1. The molecule has 0 saturated carbocycles. The minimum Gasteiger partial charge on any atom is -0.484 e. The predicted molar refractivity (Wildman–Crippen MR) is 103 cm³/mol. The molecule has 1 saturated heterocycles. The number of carbonyl (C=O) groups is 1. The molecule has 27 heavy (non-hydrogen) atoms. The molecule has 3 rings (SSSR count). The third-order valence-corrected chi connectivity index (χ3v) is 6.19. The molecule has 1 aliphatic heterocycles. The Bertz CT molecular complexity index is 864. The zero-order valence-electron chi connectivity index (χ0n) is 14.7. The fraction of sp³-hybridized carbons (Fsp3) is 0.316. The van der Waals surface area contributed by atoms with Gasteiger partial charge in [0, 0.05) is 24.2 Å². The van der Waals surface area contributed by atoms with E-state index >= 15 is 0 Å². The van der Waals surface area contributed by atoms with Gasteiger partial charge in [-0.3, -0.25) is 4.79 Å². The maximum atomic E-state index is 12.4. The highest BCUT2D eigenvalue weighted by molar-refractivity contribution is 7.89. The van der Waals surface area contributed by atoms with Gasteiger partial charge in [-0.25, -0.2) is 13.1 Å². The van der Waals surface area contributed by atoms with Crippen LogP contribution in [0.2, 0.25) is 5.02 Å². The molecule has 1 amide bonds. The van der Waals surface area contributed by atoms with Crippen molar-refractivity contribution < 1.29 is 17.9 Å². The quantitative estimate of drug-likeness (QED) is 0.797. The molecule has 0 spiro atoms. The predicted octanol–water partition coefficient (Wildman–Crippen LogP) is 2.69. The first-order chi connectivity index (χ1) is 12.9. The van der Waals surface area contributed by atoms with Crippen LogP contribution in [0.25, 0.3) is 0 Å². The molecule has 2 aromatic rings. The minimum atomic E-state index is -3.54. The van der Waals surface area contributed by atoms with E-state index in [1.165, 1.54) is 0 Å². The van der Waals surface area contributed by atoms with E-state index < -0.39 is 10.0 Å². The SMILES string of the molecule is O=C(COc1ccc(Cl)cc1)N1CCC(NS(=O)(=O)c2ccccc2)CC1. The van der Waals surface area contributed by atoms with Crippen molar-refractivity contribution in [2.24, 2.45) is 0 Å². The summed E-state index contributed by atoms with van der Waals surface area (Å²) in [6.07, 6.45) is 1.14. The Hall–Kier alpha value is -2.09.